The third-order valence-corrected chi connectivity index (χ3v) is 3.73. The largest absolute Gasteiger partial charge is 0.481 e. The molecule has 3 atom stereocenters. The molecule has 5 nitrogen and oxygen atoms in total. The van der Waals surface area contributed by atoms with E-state index >= 15 is 0 Å². The Morgan fingerprint density at radius 3 is 2.65 bits per heavy atom. The summed E-state index contributed by atoms with van der Waals surface area (Å²) in [4.78, 5) is 23.2. The van der Waals surface area contributed by atoms with Gasteiger partial charge >= 0.3 is 12.0 Å². The van der Waals surface area contributed by atoms with Gasteiger partial charge in [0, 0.05) is 6.04 Å². The number of amides is 2. The normalized spacial score (nSPS) is 24.0. The Bertz CT molecular complexity index is 376. The molecular weight excluding hydrogens is 256 g/mol. The molecule has 1 aliphatic rings. The van der Waals surface area contributed by atoms with Gasteiger partial charge < -0.3 is 15.7 Å². The summed E-state index contributed by atoms with van der Waals surface area (Å²) in [6.45, 7) is 2.00. The van der Waals surface area contributed by atoms with E-state index in [0.29, 0.717) is 12.8 Å². The Labute approximate surface area is 120 Å². The van der Waals surface area contributed by atoms with Crippen molar-refractivity contribution in [1.29, 1.82) is 0 Å². The van der Waals surface area contributed by atoms with Gasteiger partial charge in [-0.1, -0.05) is 38.5 Å². The average Bonchev–Trinajstić information content (AvgIpc) is 2.63. The minimum atomic E-state index is -0.834. The molecule has 1 aliphatic carbocycles. The van der Waals surface area contributed by atoms with E-state index in [1.54, 1.807) is 0 Å². The molecule has 5 heteroatoms. The number of carbonyl (C=O) groups excluding carboxylic acids is 1. The minimum absolute atomic E-state index is 0.297. The Morgan fingerprint density at radius 2 is 2.05 bits per heavy atom. The highest BCUT2D eigenvalue weighted by molar-refractivity contribution is 5.77. The topological polar surface area (TPSA) is 78.4 Å². The molecule has 0 aromatic carbocycles. The van der Waals surface area contributed by atoms with Crippen LogP contribution >= 0.6 is 0 Å². The van der Waals surface area contributed by atoms with Crippen LogP contribution in [0.1, 0.15) is 51.9 Å². The second-order valence-electron chi connectivity index (χ2n) is 5.31. The lowest BCUT2D eigenvalue weighted by atomic mass is 9.95. The van der Waals surface area contributed by atoms with Crippen molar-refractivity contribution in [2.24, 2.45) is 5.92 Å². The molecule has 0 aromatic rings. The van der Waals surface area contributed by atoms with Crippen LogP contribution in [0, 0.1) is 18.3 Å². The first kappa shape index (κ1) is 16.4. The standard InChI is InChI=1S/C15H24N2O3/c1-3-8-11(4-2)16-15(20)17-13-10-7-5-6-9-12(13)14(18)19/h2,11-13H,3,5-10H2,1H3,(H,18,19)(H2,16,17,20). The molecule has 1 rings (SSSR count). The highest BCUT2D eigenvalue weighted by Crippen LogP contribution is 2.23. The van der Waals surface area contributed by atoms with Crippen molar-refractivity contribution in [2.75, 3.05) is 0 Å². The van der Waals surface area contributed by atoms with E-state index in [1.165, 1.54) is 0 Å². The summed E-state index contributed by atoms with van der Waals surface area (Å²) in [6.07, 6.45) is 11.2. The van der Waals surface area contributed by atoms with Gasteiger partial charge in [0.2, 0.25) is 0 Å². The van der Waals surface area contributed by atoms with E-state index in [4.69, 9.17) is 6.42 Å². The third kappa shape index (κ3) is 5.12. The van der Waals surface area contributed by atoms with E-state index < -0.39 is 11.9 Å². The fourth-order valence-electron chi connectivity index (χ4n) is 2.63. The second-order valence-corrected chi connectivity index (χ2v) is 5.31. The average molecular weight is 280 g/mol. The van der Waals surface area contributed by atoms with Crippen LogP contribution in [0.2, 0.25) is 0 Å². The maximum Gasteiger partial charge on any atom is 0.316 e. The zero-order valence-corrected chi connectivity index (χ0v) is 12.0. The molecule has 1 saturated carbocycles. The van der Waals surface area contributed by atoms with Crippen LogP contribution in [0.25, 0.3) is 0 Å². The number of rotatable bonds is 5. The summed E-state index contributed by atoms with van der Waals surface area (Å²) >= 11 is 0. The number of aliphatic carboxylic acids is 1. The Kier molecular flexibility index (Phi) is 6.92. The lowest BCUT2D eigenvalue weighted by Gasteiger charge is -2.24. The number of carboxylic acid groups (broad SMARTS) is 1. The zero-order chi connectivity index (χ0) is 15.0. The number of nitrogens with one attached hydrogen (secondary N) is 2. The van der Waals surface area contributed by atoms with E-state index in [2.05, 4.69) is 16.6 Å². The summed E-state index contributed by atoms with van der Waals surface area (Å²) in [6, 6.07) is -0.969. The number of hydrogen-bond acceptors (Lipinski definition) is 2. The van der Waals surface area contributed by atoms with Gasteiger partial charge in [0.15, 0.2) is 0 Å². The fourth-order valence-corrected chi connectivity index (χ4v) is 2.63. The third-order valence-electron chi connectivity index (χ3n) is 3.73. The number of hydrogen-bond donors (Lipinski definition) is 3. The molecule has 20 heavy (non-hydrogen) atoms. The SMILES string of the molecule is C#CC(CCC)NC(=O)NC1CCCCCC1C(=O)O. The second kappa shape index (κ2) is 8.47. The fraction of sp³-hybridized carbons (Fsp3) is 0.733. The van der Waals surface area contributed by atoms with Crippen LogP contribution in [0.5, 0.6) is 0 Å². The van der Waals surface area contributed by atoms with E-state index in [9.17, 15) is 14.7 Å². The summed E-state index contributed by atoms with van der Waals surface area (Å²) < 4.78 is 0. The summed E-state index contributed by atoms with van der Waals surface area (Å²) in [5.41, 5.74) is 0. The van der Waals surface area contributed by atoms with E-state index in [-0.39, 0.29) is 18.1 Å². The van der Waals surface area contributed by atoms with Gasteiger partial charge in [-0.2, -0.15) is 0 Å². The highest BCUT2D eigenvalue weighted by Gasteiger charge is 2.30. The molecule has 0 heterocycles. The molecule has 2 amide bonds. The Morgan fingerprint density at radius 1 is 1.35 bits per heavy atom. The van der Waals surface area contributed by atoms with Gasteiger partial charge in [0.1, 0.15) is 0 Å². The summed E-state index contributed by atoms with van der Waals surface area (Å²) in [5.74, 6) is 1.19. The first-order valence-electron chi connectivity index (χ1n) is 7.34. The molecule has 0 aliphatic heterocycles. The first-order valence-corrected chi connectivity index (χ1v) is 7.34. The molecule has 0 bridgehead atoms. The monoisotopic (exact) mass is 280 g/mol. The van der Waals surface area contributed by atoms with Gasteiger partial charge in [-0.05, 0) is 19.3 Å². The molecule has 3 N–H and O–H groups in total. The predicted octanol–water partition coefficient (Wildman–Crippen LogP) is 2.12. The van der Waals surface area contributed by atoms with Gasteiger partial charge in [0.05, 0.1) is 12.0 Å². The minimum Gasteiger partial charge on any atom is -0.481 e. The number of carbonyl (C=O) groups is 2. The smallest absolute Gasteiger partial charge is 0.316 e. The quantitative estimate of drug-likeness (QED) is 0.533. The zero-order valence-electron chi connectivity index (χ0n) is 12.0. The summed E-state index contributed by atoms with van der Waals surface area (Å²) in [5, 5.41) is 14.8. The van der Waals surface area contributed by atoms with Gasteiger partial charge in [-0.3, -0.25) is 4.79 Å². The Hall–Kier alpha value is -1.70. The van der Waals surface area contributed by atoms with Gasteiger partial charge in [0.25, 0.3) is 0 Å². The molecule has 1 fully saturated rings. The molecule has 0 saturated heterocycles. The van der Waals surface area contributed by atoms with Crippen LogP contribution in [-0.2, 0) is 4.79 Å². The number of carboxylic acids is 1. The van der Waals surface area contributed by atoms with Crippen molar-refractivity contribution in [3.8, 4) is 12.3 Å². The highest BCUT2D eigenvalue weighted by atomic mass is 16.4. The van der Waals surface area contributed by atoms with Gasteiger partial charge in [-0.25, -0.2) is 4.79 Å². The maximum absolute atomic E-state index is 11.9. The van der Waals surface area contributed by atoms with Crippen molar-refractivity contribution in [2.45, 2.75) is 64.0 Å². The van der Waals surface area contributed by atoms with Crippen LogP contribution in [0.4, 0.5) is 4.79 Å². The first-order chi connectivity index (χ1) is 9.58. The van der Waals surface area contributed by atoms with Crippen molar-refractivity contribution in [3.05, 3.63) is 0 Å². The molecule has 0 spiro atoms. The molecule has 112 valence electrons. The van der Waals surface area contributed by atoms with Crippen molar-refractivity contribution >= 4 is 12.0 Å². The van der Waals surface area contributed by atoms with Crippen molar-refractivity contribution < 1.29 is 14.7 Å². The van der Waals surface area contributed by atoms with E-state index in [0.717, 1.165) is 32.1 Å². The van der Waals surface area contributed by atoms with Crippen molar-refractivity contribution in [3.63, 3.8) is 0 Å². The molecule has 0 radical (unpaired) electrons. The van der Waals surface area contributed by atoms with Crippen LogP contribution in [0.15, 0.2) is 0 Å². The molecule has 3 unspecified atom stereocenters. The maximum atomic E-state index is 11.9. The van der Waals surface area contributed by atoms with Crippen molar-refractivity contribution in [1.82, 2.24) is 10.6 Å². The number of terminal acetylenes is 1. The lowest BCUT2D eigenvalue weighted by Crippen LogP contribution is -2.49. The van der Waals surface area contributed by atoms with Gasteiger partial charge in [-0.15, -0.1) is 6.42 Å². The lowest BCUT2D eigenvalue weighted by molar-refractivity contribution is -0.142. The number of urea groups is 1. The summed E-state index contributed by atoms with van der Waals surface area (Å²) in [7, 11) is 0. The van der Waals surface area contributed by atoms with E-state index in [1.807, 2.05) is 6.92 Å². The molecule has 0 aromatic heterocycles. The van der Waals surface area contributed by atoms with Crippen LogP contribution in [0.3, 0.4) is 0 Å². The van der Waals surface area contributed by atoms with Crippen LogP contribution < -0.4 is 10.6 Å². The molecular formula is C15H24N2O3. The predicted molar refractivity (Wildman–Crippen MR) is 77.2 cm³/mol. The van der Waals surface area contributed by atoms with Crippen LogP contribution in [-0.4, -0.2) is 29.2 Å². The Balaban J connectivity index is 2.57.